The molecule has 1 aliphatic heterocycles. The van der Waals surface area contributed by atoms with E-state index in [9.17, 15) is 9.59 Å². The molecule has 1 amide bonds. The van der Waals surface area contributed by atoms with Gasteiger partial charge in [-0.1, -0.05) is 18.2 Å². The Bertz CT molecular complexity index is 853. The summed E-state index contributed by atoms with van der Waals surface area (Å²) in [5.41, 5.74) is 3.17. The van der Waals surface area contributed by atoms with Crippen LogP contribution in [0.15, 0.2) is 29.1 Å². The van der Waals surface area contributed by atoms with E-state index in [1.165, 1.54) is 18.5 Å². The van der Waals surface area contributed by atoms with Gasteiger partial charge in [0.1, 0.15) is 5.82 Å². The fourth-order valence-electron chi connectivity index (χ4n) is 3.50. The summed E-state index contributed by atoms with van der Waals surface area (Å²) < 4.78 is 0. The van der Waals surface area contributed by atoms with Crippen LogP contribution in [0.5, 0.6) is 0 Å². The summed E-state index contributed by atoms with van der Waals surface area (Å²) in [6.45, 7) is 6.17. The molecule has 0 bridgehead atoms. The van der Waals surface area contributed by atoms with Crippen molar-refractivity contribution in [2.45, 2.75) is 39.7 Å². The lowest BCUT2D eigenvalue weighted by atomic mass is 10.1. The van der Waals surface area contributed by atoms with Crippen molar-refractivity contribution >= 4 is 11.6 Å². The molecule has 0 radical (unpaired) electrons. The Balaban J connectivity index is 1.74. The summed E-state index contributed by atoms with van der Waals surface area (Å²) >= 11 is 0. The van der Waals surface area contributed by atoms with Crippen LogP contribution in [0.3, 0.4) is 0 Å². The summed E-state index contributed by atoms with van der Waals surface area (Å²) in [7, 11) is 1.79. The molecule has 0 saturated carbocycles. The van der Waals surface area contributed by atoms with Crippen molar-refractivity contribution in [1.82, 2.24) is 14.9 Å². The number of benzene rings is 1. The number of nitrogens with zero attached hydrogens (tertiary/aromatic N) is 3. The second-order valence-electron chi connectivity index (χ2n) is 6.96. The van der Waals surface area contributed by atoms with Crippen molar-refractivity contribution in [1.29, 1.82) is 0 Å². The summed E-state index contributed by atoms with van der Waals surface area (Å²) in [6.07, 6.45) is 2.49. The minimum absolute atomic E-state index is 0.0663. The first-order valence-electron chi connectivity index (χ1n) is 9.09. The minimum atomic E-state index is -0.228. The number of likely N-dealkylation sites (N-methyl/N-ethyl adjacent to an activating group) is 1. The SMILES string of the molecule is Cc1nc(C)c(CC(=O)N(C)Cc2ccccc2N2CCCC2)c(=O)[nH]1. The molecule has 1 aromatic carbocycles. The fourth-order valence-corrected chi connectivity index (χ4v) is 3.50. The first-order chi connectivity index (χ1) is 12.5. The Morgan fingerprint density at radius 2 is 1.92 bits per heavy atom. The lowest BCUT2D eigenvalue weighted by Gasteiger charge is -2.24. The predicted octanol–water partition coefficient (Wildman–Crippen LogP) is 2.19. The van der Waals surface area contributed by atoms with Gasteiger partial charge in [0.05, 0.1) is 6.42 Å². The number of hydrogen-bond acceptors (Lipinski definition) is 4. The van der Waals surface area contributed by atoms with Gasteiger partial charge in [-0.2, -0.15) is 0 Å². The van der Waals surface area contributed by atoms with Crippen LogP contribution < -0.4 is 10.5 Å². The van der Waals surface area contributed by atoms with Gasteiger partial charge in [0, 0.05) is 43.6 Å². The first-order valence-corrected chi connectivity index (χ1v) is 9.09. The third-order valence-electron chi connectivity index (χ3n) is 4.94. The van der Waals surface area contributed by atoms with Gasteiger partial charge in [-0.05, 0) is 38.3 Å². The Hall–Kier alpha value is -2.63. The molecule has 1 aliphatic rings. The van der Waals surface area contributed by atoms with E-state index in [2.05, 4.69) is 27.0 Å². The average molecular weight is 354 g/mol. The molecule has 26 heavy (non-hydrogen) atoms. The molecule has 1 aromatic heterocycles. The normalized spacial score (nSPS) is 13.9. The average Bonchev–Trinajstić information content (AvgIpc) is 3.12. The number of aryl methyl sites for hydroxylation is 2. The van der Waals surface area contributed by atoms with Crippen LogP contribution >= 0.6 is 0 Å². The Labute approximate surface area is 153 Å². The highest BCUT2D eigenvalue weighted by molar-refractivity contribution is 5.78. The highest BCUT2D eigenvalue weighted by Crippen LogP contribution is 2.25. The number of nitrogens with one attached hydrogen (secondary N) is 1. The second-order valence-corrected chi connectivity index (χ2v) is 6.96. The number of rotatable bonds is 5. The minimum Gasteiger partial charge on any atom is -0.371 e. The zero-order chi connectivity index (χ0) is 18.7. The van der Waals surface area contributed by atoms with E-state index in [1.54, 1.807) is 25.8 Å². The van der Waals surface area contributed by atoms with E-state index in [-0.39, 0.29) is 17.9 Å². The third kappa shape index (κ3) is 3.95. The van der Waals surface area contributed by atoms with Crippen molar-refractivity contribution in [3.05, 3.63) is 57.3 Å². The molecule has 0 aliphatic carbocycles. The van der Waals surface area contributed by atoms with Crippen LogP contribution in [0.25, 0.3) is 0 Å². The van der Waals surface area contributed by atoms with Crippen LogP contribution in [0.1, 0.15) is 35.5 Å². The number of para-hydroxylation sites is 1. The van der Waals surface area contributed by atoms with Crippen molar-refractivity contribution < 1.29 is 4.79 Å². The quantitative estimate of drug-likeness (QED) is 0.894. The maximum absolute atomic E-state index is 12.7. The van der Waals surface area contributed by atoms with Crippen LogP contribution in [-0.2, 0) is 17.8 Å². The summed E-state index contributed by atoms with van der Waals surface area (Å²) in [4.78, 5) is 35.8. The first kappa shape index (κ1) is 18.2. The number of hydrogen-bond donors (Lipinski definition) is 1. The van der Waals surface area contributed by atoms with Gasteiger partial charge in [-0.3, -0.25) is 9.59 Å². The molecule has 6 nitrogen and oxygen atoms in total. The molecule has 1 saturated heterocycles. The molecule has 138 valence electrons. The second kappa shape index (κ2) is 7.72. The van der Waals surface area contributed by atoms with E-state index in [0.29, 0.717) is 23.6 Å². The molecule has 1 fully saturated rings. The number of carbonyl (C=O) groups is 1. The van der Waals surface area contributed by atoms with E-state index in [0.717, 1.165) is 18.7 Å². The maximum atomic E-state index is 12.7. The Morgan fingerprint density at radius 1 is 1.23 bits per heavy atom. The maximum Gasteiger partial charge on any atom is 0.254 e. The Morgan fingerprint density at radius 3 is 2.62 bits per heavy atom. The van der Waals surface area contributed by atoms with E-state index < -0.39 is 0 Å². The summed E-state index contributed by atoms with van der Waals surface area (Å²) in [5.74, 6) is 0.483. The largest absolute Gasteiger partial charge is 0.371 e. The van der Waals surface area contributed by atoms with E-state index >= 15 is 0 Å². The zero-order valence-electron chi connectivity index (χ0n) is 15.7. The van der Waals surface area contributed by atoms with Crippen LogP contribution in [-0.4, -0.2) is 40.9 Å². The van der Waals surface area contributed by atoms with Gasteiger partial charge in [0.15, 0.2) is 0 Å². The van der Waals surface area contributed by atoms with Gasteiger partial charge < -0.3 is 14.8 Å². The van der Waals surface area contributed by atoms with Gasteiger partial charge in [-0.25, -0.2) is 4.98 Å². The lowest BCUT2D eigenvalue weighted by Crippen LogP contribution is -2.31. The standard InChI is InChI=1S/C20H26N4O2/c1-14-17(20(26)22-15(2)21-14)12-19(25)23(3)13-16-8-4-5-9-18(16)24-10-6-7-11-24/h4-5,8-9H,6-7,10-13H2,1-3H3,(H,21,22,26). The molecule has 1 N–H and O–H groups in total. The molecule has 3 rings (SSSR count). The van der Waals surface area contributed by atoms with Gasteiger partial charge in [0.2, 0.25) is 5.91 Å². The Kier molecular flexibility index (Phi) is 5.40. The van der Waals surface area contributed by atoms with Crippen molar-refractivity contribution in [2.75, 3.05) is 25.0 Å². The monoisotopic (exact) mass is 354 g/mol. The van der Waals surface area contributed by atoms with Crippen molar-refractivity contribution in [3.63, 3.8) is 0 Å². The number of amides is 1. The number of carbonyl (C=O) groups excluding carboxylic acids is 1. The fraction of sp³-hybridized carbons (Fsp3) is 0.450. The molecular weight excluding hydrogens is 328 g/mol. The number of anilines is 1. The van der Waals surface area contributed by atoms with Crippen LogP contribution in [0.4, 0.5) is 5.69 Å². The summed E-state index contributed by atoms with van der Waals surface area (Å²) in [6, 6.07) is 8.24. The van der Waals surface area contributed by atoms with Crippen molar-refractivity contribution in [3.8, 4) is 0 Å². The van der Waals surface area contributed by atoms with Crippen LogP contribution in [0.2, 0.25) is 0 Å². The summed E-state index contributed by atoms with van der Waals surface area (Å²) in [5, 5.41) is 0. The smallest absolute Gasteiger partial charge is 0.254 e. The number of aromatic amines is 1. The third-order valence-corrected chi connectivity index (χ3v) is 4.94. The molecule has 2 heterocycles. The van der Waals surface area contributed by atoms with E-state index in [4.69, 9.17) is 0 Å². The molecule has 2 aromatic rings. The zero-order valence-corrected chi connectivity index (χ0v) is 15.7. The number of H-pyrrole nitrogens is 1. The molecular formula is C20H26N4O2. The van der Waals surface area contributed by atoms with E-state index in [1.807, 2.05) is 12.1 Å². The highest BCUT2D eigenvalue weighted by Gasteiger charge is 2.19. The highest BCUT2D eigenvalue weighted by atomic mass is 16.2. The van der Waals surface area contributed by atoms with Gasteiger partial charge >= 0.3 is 0 Å². The molecule has 0 spiro atoms. The predicted molar refractivity (Wildman–Crippen MR) is 102 cm³/mol. The molecule has 6 heteroatoms. The van der Waals surface area contributed by atoms with Gasteiger partial charge in [0.25, 0.3) is 5.56 Å². The number of aromatic nitrogens is 2. The topological polar surface area (TPSA) is 69.3 Å². The molecule has 0 atom stereocenters. The molecule has 0 unspecified atom stereocenters. The van der Waals surface area contributed by atoms with Crippen LogP contribution in [0, 0.1) is 13.8 Å². The van der Waals surface area contributed by atoms with Crippen molar-refractivity contribution in [2.24, 2.45) is 0 Å². The lowest BCUT2D eigenvalue weighted by molar-refractivity contribution is -0.129. The van der Waals surface area contributed by atoms with Gasteiger partial charge in [-0.15, -0.1) is 0 Å².